The molecule has 0 saturated heterocycles. The normalized spacial score (nSPS) is 12.3. The molecule has 0 aromatic heterocycles. The lowest BCUT2D eigenvalue weighted by Gasteiger charge is -2.12. The minimum absolute atomic E-state index is 0.408. The fraction of sp³-hybridized carbons (Fsp3) is 0.222. The van der Waals surface area contributed by atoms with Crippen LogP contribution in [0.25, 0.3) is 11.5 Å². The maximum Gasteiger partial charge on any atom is 0.122 e. The summed E-state index contributed by atoms with van der Waals surface area (Å²) in [7, 11) is 0. The van der Waals surface area contributed by atoms with Gasteiger partial charge < -0.3 is 14.2 Å². The number of benzene rings is 1. The molecule has 3 heteroatoms. The van der Waals surface area contributed by atoms with Crippen molar-refractivity contribution >= 4 is 11.5 Å². The van der Waals surface area contributed by atoms with Crippen LogP contribution in [0.2, 0.25) is 0 Å². The van der Waals surface area contributed by atoms with Crippen molar-refractivity contribution in [1.29, 1.82) is 0 Å². The molecule has 0 fully saturated rings. The Kier molecular flexibility index (Phi) is 4.53. The third-order valence-corrected chi connectivity index (χ3v) is 3.24. The average molecular weight is 284 g/mol. The first-order valence-electron chi connectivity index (χ1n) is 6.73. The first-order valence-corrected chi connectivity index (χ1v) is 6.73. The molecular formula is C18H20O3. The smallest absolute Gasteiger partial charge is 0.122 e. The molecule has 0 aliphatic carbocycles. The van der Waals surface area contributed by atoms with Crippen molar-refractivity contribution in [2.75, 3.05) is 13.2 Å². The highest BCUT2D eigenvalue weighted by Crippen LogP contribution is 2.30. The van der Waals surface area contributed by atoms with E-state index in [4.69, 9.17) is 14.2 Å². The van der Waals surface area contributed by atoms with Gasteiger partial charge in [0.15, 0.2) is 0 Å². The van der Waals surface area contributed by atoms with Gasteiger partial charge in [0.05, 0.1) is 0 Å². The Morgan fingerprint density at radius 2 is 1.90 bits per heavy atom. The lowest BCUT2D eigenvalue weighted by molar-refractivity contribution is 0.147. The second-order valence-electron chi connectivity index (χ2n) is 4.91. The summed E-state index contributed by atoms with van der Waals surface area (Å²) in [5.41, 5.74) is 3.90. The Balaban J connectivity index is 1.86. The van der Waals surface area contributed by atoms with Crippen LogP contribution in [0.15, 0.2) is 55.8 Å². The van der Waals surface area contributed by atoms with Gasteiger partial charge in [-0.05, 0) is 18.6 Å². The second kappa shape index (κ2) is 6.35. The zero-order valence-corrected chi connectivity index (χ0v) is 12.4. The Bertz CT molecular complexity index is 611. The molecule has 0 amide bonds. The van der Waals surface area contributed by atoms with Gasteiger partial charge in [0.25, 0.3) is 0 Å². The Hall–Kier alpha value is -2.42. The summed E-state index contributed by atoms with van der Waals surface area (Å²) in [5, 5.41) is 0. The van der Waals surface area contributed by atoms with Crippen molar-refractivity contribution < 1.29 is 14.2 Å². The first-order chi connectivity index (χ1) is 9.99. The van der Waals surface area contributed by atoms with Crippen LogP contribution in [0, 0.1) is 0 Å². The van der Waals surface area contributed by atoms with Crippen molar-refractivity contribution in [3.8, 4) is 0 Å². The quantitative estimate of drug-likeness (QED) is 0.425. The first kappa shape index (κ1) is 15.0. The van der Waals surface area contributed by atoms with Crippen LogP contribution in [-0.4, -0.2) is 13.2 Å². The Morgan fingerprint density at radius 1 is 1.19 bits per heavy atom. The van der Waals surface area contributed by atoms with Gasteiger partial charge in [-0.25, -0.2) is 0 Å². The van der Waals surface area contributed by atoms with Crippen molar-refractivity contribution in [3.05, 3.63) is 72.5 Å². The van der Waals surface area contributed by atoms with E-state index >= 15 is 0 Å². The van der Waals surface area contributed by atoms with Crippen LogP contribution in [-0.2, 0) is 20.8 Å². The highest BCUT2D eigenvalue weighted by Gasteiger charge is 2.16. The van der Waals surface area contributed by atoms with Crippen LogP contribution in [0.1, 0.15) is 23.6 Å². The van der Waals surface area contributed by atoms with Gasteiger partial charge >= 0.3 is 0 Å². The second-order valence-corrected chi connectivity index (χ2v) is 4.91. The van der Waals surface area contributed by atoms with E-state index in [-0.39, 0.29) is 0 Å². The van der Waals surface area contributed by atoms with E-state index in [1.165, 1.54) is 0 Å². The highest BCUT2D eigenvalue weighted by atomic mass is 16.5. The van der Waals surface area contributed by atoms with Gasteiger partial charge in [0.2, 0.25) is 0 Å². The van der Waals surface area contributed by atoms with Crippen molar-refractivity contribution in [3.63, 3.8) is 0 Å². The molecule has 0 radical (unpaired) electrons. The minimum atomic E-state index is 0.408. The zero-order chi connectivity index (χ0) is 15.4. The van der Waals surface area contributed by atoms with Crippen molar-refractivity contribution in [2.24, 2.45) is 0 Å². The predicted octanol–water partition coefficient (Wildman–Crippen LogP) is 4.28. The van der Waals surface area contributed by atoms with Crippen LogP contribution >= 0.6 is 0 Å². The molecule has 0 spiro atoms. The maximum absolute atomic E-state index is 5.59. The molecule has 0 saturated carbocycles. The molecule has 110 valence electrons. The summed E-state index contributed by atoms with van der Waals surface area (Å²) in [6.45, 7) is 18.5. The van der Waals surface area contributed by atoms with E-state index in [2.05, 4.69) is 26.3 Å². The number of allylic oxidation sites excluding steroid dienone is 1. The number of hydrogen-bond donors (Lipinski definition) is 0. The number of fused-ring (bicyclic) bond motifs is 1. The highest BCUT2D eigenvalue weighted by molar-refractivity contribution is 5.68. The SMILES string of the molecule is C=C(C)C(=C)OCCOC(=C)c1ccc2c(c1)COC2=C. The standard InChI is InChI=1S/C18H20O3/c1-12(2)13(3)19-8-9-20-14(4)16-6-7-18-15(5)21-11-17(18)10-16/h6-7,10H,1,3-5,8-9,11H2,2H3. The summed E-state index contributed by atoms with van der Waals surface area (Å²) in [4.78, 5) is 0. The molecule has 0 unspecified atom stereocenters. The molecule has 1 heterocycles. The Morgan fingerprint density at radius 3 is 2.62 bits per heavy atom. The Labute approximate surface area is 125 Å². The molecule has 1 aromatic carbocycles. The lowest BCUT2D eigenvalue weighted by atomic mass is 10.0. The van der Waals surface area contributed by atoms with Crippen molar-refractivity contribution in [2.45, 2.75) is 13.5 Å². The van der Waals surface area contributed by atoms with Crippen molar-refractivity contribution in [1.82, 2.24) is 0 Å². The summed E-state index contributed by atoms with van der Waals surface area (Å²) in [6.07, 6.45) is 0. The summed E-state index contributed by atoms with van der Waals surface area (Å²) in [6, 6.07) is 5.95. The van der Waals surface area contributed by atoms with E-state index in [0.717, 1.165) is 28.0 Å². The van der Waals surface area contributed by atoms with E-state index in [9.17, 15) is 0 Å². The molecule has 1 aliphatic rings. The third kappa shape index (κ3) is 3.57. The van der Waals surface area contributed by atoms with E-state index < -0.39 is 0 Å². The van der Waals surface area contributed by atoms with Crippen LogP contribution in [0.4, 0.5) is 0 Å². The predicted molar refractivity (Wildman–Crippen MR) is 85.2 cm³/mol. The van der Waals surface area contributed by atoms with Crippen LogP contribution in [0.3, 0.4) is 0 Å². The van der Waals surface area contributed by atoms with E-state index in [0.29, 0.717) is 31.3 Å². The topological polar surface area (TPSA) is 27.7 Å². The third-order valence-electron chi connectivity index (χ3n) is 3.24. The van der Waals surface area contributed by atoms with Gasteiger partial charge in [-0.2, -0.15) is 0 Å². The zero-order valence-electron chi connectivity index (χ0n) is 12.4. The molecule has 1 aliphatic heterocycles. The number of rotatable bonds is 7. The number of hydrogen-bond acceptors (Lipinski definition) is 3. The molecule has 0 N–H and O–H groups in total. The summed E-state index contributed by atoms with van der Waals surface area (Å²) >= 11 is 0. The number of ether oxygens (including phenoxy) is 3. The van der Waals surface area contributed by atoms with Crippen LogP contribution in [0.5, 0.6) is 0 Å². The van der Waals surface area contributed by atoms with E-state index in [1.807, 2.05) is 25.1 Å². The molecule has 0 atom stereocenters. The largest absolute Gasteiger partial charge is 0.490 e. The van der Waals surface area contributed by atoms with Gasteiger partial charge in [-0.1, -0.05) is 38.4 Å². The lowest BCUT2D eigenvalue weighted by Crippen LogP contribution is -2.03. The summed E-state index contributed by atoms with van der Waals surface area (Å²) in [5.74, 6) is 1.91. The van der Waals surface area contributed by atoms with Gasteiger partial charge in [-0.15, -0.1) is 0 Å². The van der Waals surface area contributed by atoms with Crippen LogP contribution < -0.4 is 0 Å². The molecule has 21 heavy (non-hydrogen) atoms. The molecule has 3 nitrogen and oxygen atoms in total. The fourth-order valence-electron chi connectivity index (χ4n) is 1.94. The minimum Gasteiger partial charge on any atom is -0.490 e. The maximum atomic E-state index is 5.59. The molecule has 1 aromatic rings. The van der Waals surface area contributed by atoms with Gasteiger partial charge in [0.1, 0.15) is 37.1 Å². The fourth-order valence-corrected chi connectivity index (χ4v) is 1.94. The molecular weight excluding hydrogens is 264 g/mol. The van der Waals surface area contributed by atoms with Gasteiger partial charge in [0, 0.05) is 16.7 Å². The summed E-state index contributed by atoms with van der Waals surface area (Å²) < 4.78 is 16.4. The van der Waals surface area contributed by atoms with E-state index in [1.54, 1.807) is 0 Å². The van der Waals surface area contributed by atoms with Gasteiger partial charge in [-0.3, -0.25) is 0 Å². The molecule has 0 bridgehead atoms. The monoisotopic (exact) mass is 284 g/mol. The average Bonchev–Trinajstić information content (AvgIpc) is 2.84. The molecule has 2 rings (SSSR count).